The lowest BCUT2D eigenvalue weighted by molar-refractivity contribution is -0.139. The molecule has 41 heavy (non-hydrogen) atoms. The molecule has 1 aromatic heterocycles. The Morgan fingerprint density at radius 2 is 1.76 bits per heavy atom. The average molecular weight is 627 g/mol. The monoisotopic (exact) mass is 625 g/mol. The number of amides is 2. The molecule has 3 heterocycles. The Bertz CT molecular complexity index is 1250. The molecular formula is C29H38Cl3N5O4. The second-order valence-corrected chi connectivity index (χ2v) is 12.9. The number of piperidine rings is 2. The molecule has 0 radical (unpaired) electrons. The number of aromatic nitrogens is 2. The van der Waals surface area contributed by atoms with E-state index in [-0.39, 0.29) is 17.8 Å². The van der Waals surface area contributed by atoms with Crippen LogP contribution >= 0.6 is 34.8 Å². The number of benzene rings is 1. The number of ether oxygens (including phenoxy) is 2. The van der Waals surface area contributed by atoms with Gasteiger partial charge < -0.3 is 19.3 Å². The Labute approximate surface area is 257 Å². The maximum Gasteiger partial charge on any atom is 0.410 e. The van der Waals surface area contributed by atoms with Crippen LogP contribution in [-0.2, 0) is 9.53 Å². The standard InChI is InChI=1S/C29H38Cl3N5O4/c1-18(21-10-9-19(30)16-22(21)31)40-25-23(32)17-33-27(34-25)36-14-11-20(12-15-36)35(5)26(38)24-8-6-7-13-37(24)28(39)41-29(2,3)4/h9-10,16-18,20,24H,6-8,11-15H2,1-5H3/t18?,24-/m1/s1. The van der Waals surface area contributed by atoms with E-state index < -0.39 is 23.8 Å². The fourth-order valence-electron chi connectivity index (χ4n) is 5.24. The predicted octanol–water partition coefficient (Wildman–Crippen LogP) is 6.79. The van der Waals surface area contributed by atoms with Gasteiger partial charge in [0, 0.05) is 48.3 Å². The molecule has 0 bridgehead atoms. The van der Waals surface area contributed by atoms with Crippen LogP contribution in [0.4, 0.5) is 10.7 Å². The van der Waals surface area contributed by atoms with Gasteiger partial charge in [-0.2, -0.15) is 4.98 Å². The Balaban J connectivity index is 1.38. The smallest absolute Gasteiger partial charge is 0.410 e. The lowest BCUT2D eigenvalue weighted by Gasteiger charge is -2.41. The number of hydrogen-bond donors (Lipinski definition) is 0. The highest BCUT2D eigenvalue weighted by molar-refractivity contribution is 6.35. The number of hydrogen-bond acceptors (Lipinski definition) is 7. The van der Waals surface area contributed by atoms with Crippen molar-refractivity contribution >= 4 is 52.8 Å². The van der Waals surface area contributed by atoms with Gasteiger partial charge in [0.25, 0.3) is 0 Å². The summed E-state index contributed by atoms with van der Waals surface area (Å²) in [5, 5.41) is 1.34. The number of likely N-dealkylation sites (tertiary alicyclic amines) is 1. The third kappa shape index (κ3) is 7.87. The molecule has 2 atom stereocenters. The van der Waals surface area contributed by atoms with Crippen molar-refractivity contribution in [2.75, 3.05) is 31.6 Å². The Kier molecular flexibility index (Phi) is 10.1. The van der Waals surface area contributed by atoms with Crippen LogP contribution in [0.25, 0.3) is 0 Å². The molecule has 12 heteroatoms. The molecule has 0 aliphatic carbocycles. The summed E-state index contributed by atoms with van der Waals surface area (Å²) in [5.41, 5.74) is 0.153. The molecular weight excluding hydrogens is 589 g/mol. The van der Waals surface area contributed by atoms with Gasteiger partial charge in [-0.15, -0.1) is 0 Å². The topological polar surface area (TPSA) is 88.1 Å². The molecule has 2 aromatic rings. The second kappa shape index (κ2) is 13.2. The second-order valence-electron chi connectivity index (χ2n) is 11.6. The highest BCUT2D eigenvalue weighted by Gasteiger charge is 2.38. The van der Waals surface area contributed by atoms with Crippen molar-refractivity contribution in [1.82, 2.24) is 19.8 Å². The number of likely N-dealkylation sites (N-methyl/N-ethyl adjacent to an activating group) is 1. The zero-order chi connectivity index (χ0) is 29.9. The minimum absolute atomic E-state index is 0.0382. The van der Waals surface area contributed by atoms with E-state index in [0.29, 0.717) is 47.1 Å². The van der Waals surface area contributed by atoms with Crippen LogP contribution in [-0.4, -0.2) is 76.1 Å². The van der Waals surface area contributed by atoms with E-state index in [1.54, 1.807) is 21.9 Å². The van der Waals surface area contributed by atoms with E-state index in [2.05, 4.69) is 14.9 Å². The highest BCUT2D eigenvalue weighted by Crippen LogP contribution is 2.33. The van der Waals surface area contributed by atoms with Gasteiger partial charge in [0.05, 0.1) is 6.20 Å². The summed E-state index contributed by atoms with van der Waals surface area (Å²) in [6.07, 6.45) is 4.58. The molecule has 2 aliphatic heterocycles. The number of halogens is 3. The van der Waals surface area contributed by atoms with Crippen LogP contribution in [0.2, 0.25) is 15.1 Å². The van der Waals surface area contributed by atoms with E-state index >= 15 is 0 Å². The van der Waals surface area contributed by atoms with E-state index in [4.69, 9.17) is 44.3 Å². The number of anilines is 1. The molecule has 2 saturated heterocycles. The van der Waals surface area contributed by atoms with Crippen molar-refractivity contribution in [3.05, 3.63) is 45.0 Å². The molecule has 0 spiro atoms. The van der Waals surface area contributed by atoms with Crippen LogP contribution in [0, 0.1) is 0 Å². The van der Waals surface area contributed by atoms with Gasteiger partial charge in [-0.3, -0.25) is 9.69 Å². The van der Waals surface area contributed by atoms with Crippen molar-refractivity contribution < 1.29 is 19.1 Å². The molecule has 2 aliphatic rings. The molecule has 1 aromatic carbocycles. The average Bonchev–Trinajstić information content (AvgIpc) is 2.92. The van der Waals surface area contributed by atoms with Crippen molar-refractivity contribution in [1.29, 1.82) is 0 Å². The van der Waals surface area contributed by atoms with Gasteiger partial charge in [0.2, 0.25) is 17.7 Å². The van der Waals surface area contributed by atoms with Gasteiger partial charge in [-0.25, -0.2) is 9.78 Å². The molecule has 2 amide bonds. The van der Waals surface area contributed by atoms with E-state index in [0.717, 1.165) is 31.2 Å². The van der Waals surface area contributed by atoms with Crippen LogP contribution < -0.4 is 9.64 Å². The summed E-state index contributed by atoms with van der Waals surface area (Å²) in [7, 11) is 1.83. The Morgan fingerprint density at radius 1 is 1.05 bits per heavy atom. The molecule has 0 N–H and O–H groups in total. The van der Waals surface area contributed by atoms with E-state index in [1.807, 2.05) is 40.8 Å². The third-order valence-electron chi connectivity index (χ3n) is 7.45. The van der Waals surface area contributed by atoms with Crippen molar-refractivity contribution in [2.45, 2.75) is 83.6 Å². The maximum atomic E-state index is 13.6. The summed E-state index contributed by atoms with van der Waals surface area (Å²) >= 11 is 18.7. The molecule has 9 nitrogen and oxygen atoms in total. The lowest BCUT2D eigenvalue weighted by Crippen LogP contribution is -2.56. The van der Waals surface area contributed by atoms with Crippen molar-refractivity contribution in [3.8, 4) is 5.88 Å². The summed E-state index contributed by atoms with van der Waals surface area (Å²) < 4.78 is 11.7. The summed E-state index contributed by atoms with van der Waals surface area (Å²) in [6, 6.07) is 4.77. The third-order valence-corrected chi connectivity index (χ3v) is 8.27. The van der Waals surface area contributed by atoms with Crippen molar-refractivity contribution in [2.24, 2.45) is 0 Å². The minimum Gasteiger partial charge on any atom is -0.469 e. The number of nitrogens with zero attached hydrogens (tertiary/aromatic N) is 5. The van der Waals surface area contributed by atoms with Crippen LogP contribution in [0.5, 0.6) is 5.88 Å². The van der Waals surface area contributed by atoms with E-state index in [1.165, 1.54) is 6.20 Å². The molecule has 4 rings (SSSR count). The lowest BCUT2D eigenvalue weighted by atomic mass is 9.98. The van der Waals surface area contributed by atoms with Crippen LogP contribution in [0.3, 0.4) is 0 Å². The first kappa shape index (κ1) is 31.4. The zero-order valence-electron chi connectivity index (χ0n) is 24.2. The summed E-state index contributed by atoms with van der Waals surface area (Å²) in [4.78, 5) is 40.9. The van der Waals surface area contributed by atoms with Crippen LogP contribution in [0.1, 0.15) is 71.5 Å². The predicted molar refractivity (Wildman–Crippen MR) is 161 cm³/mol. The first-order valence-electron chi connectivity index (χ1n) is 14.0. The summed E-state index contributed by atoms with van der Waals surface area (Å²) in [5.74, 6) is 0.737. The molecule has 2 fully saturated rings. The quantitative estimate of drug-likeness (QED) is 0.349. The fourth-order valence-corrected chi connectivity index (χ4v) is 5.93. The van der Waals surface area contributed by atoms with Crippen LogP contribution in [0.15, 0.2) is 24.4 Å². The number of rotatable bonds is 6. The largest absolute Gasteiger partial charge is 0.469 e. The van der Waals surface area contributed by atoms with Gasteiger partial charge >= 0.3 is 6.09 Å². The first-order chi connectivity index (χ1) is 19.3. The molecule has 224 valence electrons. The molecule has 0 saturated carbocycles. The molecule has 1 unspecified atom stereocenters. The minimum atomic E-state index is -0.615. The fraction of sp³-hybridized carbons (Fsp3) is 0.586. The summed E-state index contributed by atoms with van der Waals surface area (Å²) in [6.45, 7) is 9.20. The van der Waals surface area contributed by atoms with Gasteiger partial charge in [0.15, 0.2) is 0 Å². The zero-order valence-corrected chi connectivity index (χ0v) is 26.5. The van der Waals surface area contributed by atoms with E-state index in [9.17, 15) is 9.59 Å². The normalized spacial score (nSPS) is 19.1. The van der Waals surface area contributed by atoms with Gasteiger partial charge in [0.1, 0.15) is 22.8 Å². The van der Waals surface area contributed by atoms with Crippen molar-refractivity contribution in [3.63, 3.8) is 0 Å². The highest BCUT2D eigenvalue weighted by atomic mass is 35.5. The SMILES string of the molecule is CC(Oc1nc(N2CCC(N(C)C(=O)[C@H]3CCCCN3C(=O)OC(C)(C)C)CC2)ncc1Cl)c1ccc(Cl)cc1Cl. The van der Waals surface area contributed by atoms with Gasteiger partial charge in [-0.05, 0) is 71.9 Å². The van der Waals surface area contributed by atoms with Gasteiger partial charge in [-0.1, -0.05) is 40.9 Å². The maximum absolute atomic E-state index is 13.6. The number of carbonyl (C=O) groups excluding carboxylic acids is 2. The number of carbonyl (C=O) groups is 2. The Hall–Kier alpha value is -2.49. The first-order valence-corrected chi connectivity index (χ1v) is 15.1. The Morgan fingerprint density at radius 3 is 2.41 bits per heavy atom.